The maximum atomic E-state index is 12.6. The second-order valence-corrected chi connectivity index (χ2v) is 9.10. The summed E-state index contributed by atoms with van der Waals surface area (Å²) in [5.74, 6) is 1.15. The van der Waals surface area contributed by atoms with Crippen LogP contribution in [0.15, 0.2) is 24.3 Å². The van der Waals surface area contributed by atoms with E-state index in [4.69, 9.17) is 4.74 Å². The quantitative estimate of drug-likeness (QED) is 0.836. The van der Waals surface area contributed by atoms with Crippen molar-refractivity contribution in [3.8, 4) is 5.75 Å². The minimum atomic E-state index is 0.0531. The molecule has 2 unspecified atom stereocenters. The summed E-state index contributed by atoms with van der Waals surface area (Å²) >= 11 is 0. The van der Waals surface area contributed by atoms with Gasteiger partial charge in [0.1, 0.15) is 5.75 Å². The number of phenols is 1. The Morgan fingerprint density at radius 3 is 2.48 bits per heavy atom. The number of amides is 2. The summed E-state index contributed by atoms with van der Waals surface area (Å²) in [6.45, 7) is 9.72. The first kappa shape index (κ1) is 20.0. The first-order valence-corrected chi connectivity index (χ1v) is 10.3. The molecule has 5 heteroatoms. The summed E-state index contributed by atoms with van der Waals surface area (Å²) in [5.41, 5.74) is 1.35. The summed E-state index contributed by atoms with van der Waals surface area (Å²) in [6, 6.07) is 7.52. The number of likely N-dealkylation sites (tertiary alicyclic amines) is 1. The van der Waals surface area contributed by atoms with E-state index in [1.807, 2.05) is 17.0 Å². The van der Waals surface area contributed by atoms with Gasteiger partial charge >= 0.3 is 6.03 Å². The second kappa shape index (κ2) is 8.51. The van der Waals surface area contributed by atoms with Crippen molar-refractivity contribution in [3.05, 3.63) is 29.8 Å². The summed E-state index contributed by atoms with van der Waals surface area (Å²) in [4.78, 5) is 14.6. The number of urea groups is 1. The van der Waals surface area contributed by atoms with E-state index in [0.717, 1.165) is 45.4 Å². The molecule has 0 bridgehead atoms. The van der Waals surface area contributed by atoms with Gasteiger partial charge in [0.15, 0.2) is 0 Å². The molecule has 0 aromatic heterocycles. The van der Waals surface area contributed by atoms with Crippen LogP contribution in [-0.4, -0.2) is 48.4 Å². The predicted octanol–water partition coefficient (Wildman–Crippen LogP) is 4.12. The van der Waals surface area contributed by atoms with Gasteiger partial charge in [-0.25, -0.2) is 4.79 Å². The van der Waals surface area contributed by atoms with Gasteiger partial charge in [-0.05, 0) is 54.7 Å². The number of nitrogens with zero attached hydrogens (tertiary/aromatic N) is 1. The minimum absolute atomic E-state index is 0.0531. The lowest BCUT2D eigenvalue weighted by atomic mass is 9.78. The Hall–Kier alpha value is -1.75. The van der Waals surface area contributed by atoms with Crippen LogP contribution in [0.25, 0.3) is 0 Å². The summed E-state index contributed by atoms with van der Waals surface area (Å²) in [7, 11) is 0. The smallest absolute Gasteiger partial charge is 0.317 e. The maximum absolute atomic E-state index is 12.6. The Balaban J connectivity index is 1.47. The van der Waals surface area contributed by atoms with Crippen LogP contribution >= 0.6 is 0 Å². The molecule has 3 rings (SSSR count). The summed E-state index contributed by atoms with van der Waals surface area (Å²) in [6.07, 6.45) is 4.33. The Kier molecular flexibility index (Phi) is 6.30. The van der Waals surface area contributed by atoms with Gasteiger partial charge in [0, 0.05) is 32.2 Å². The van der Waals surface area contributed by atoms with Crippen LogP contribution < -0.4 is 5.32 Å². The van der Waals surface area contributed by atoms with Gasteiger partial charge in [-0.3, -0.25) is 0 Å². The fraction of sp³-hybridized carbons (Fsp3) is 0.682. The zero-order chi connectivity index (χ0) is 19.4. The van der Waals surface area contributed by atoms with E-state index in [-0.39, 0.29) is 17.6 Å². The number of aromatic hydroxyl groups is 1. The van der Waals surface area contributed by atoms with Crippen molar-refractivity contribution in [3.63, 3.8) is 0 Å². The van der Waals surface area contributed by atoms with Crippen molar-refractivity contribution in [2.75, 3.05) is 26.2 Å². The highest BCUT2D eigenvalue weighted by Crippen LogP contribution is 2.34. The number of rotatable bonds is 3. The Morgan fingerprint density at radius 2 is 1.85 bits per heavy atom. The molecule has 0 radical (unpaired) electrons. The Morgan fingerprint density at radius 1 is 1.19 bits per heavy atom. The highest BCUT2D eigenvalue weighted by atomic mass is 16.5. The molecule has 2 saturated heterocycles. The fourth-order valence-corrected chi connectivity index (χ4v) is 4.50. The monoisotopic (exact) mass is 374 g/mol. The molecule has 5 nitrogen and oxygen atoms in total. The number of piperidine rings is 1. The lowest BCUT2D eigenvalue weighted by Crippen LogP contribution is -2.49. The predicted molar refractivity (Wildman–Crippen MR) is 107 cm³/mol. The third-order valence-corrected chi connectivity index (χ3v) is 5.96. The van der Waals surface area contributed by atoms with Gasteiger partial charge < -0.3 is 20.1 Å². The molecule has 27 heavy (non-hydrogen) atoms. The SMILES string of the molecule is CC(C)(C)C1OCCCC1CNC(=O)N1CCC(c2ccc(O)cc2)CC1. The Bertz CT molecular complexity index is 615. The molecule has 150 valence electrons. The van der Waals surface area contributed by atoms with E-state index in [2.05, 4.69) is 26.1 Å². The standard InChI is InChI=1S/C22H34N2O3/c1-22(2,3)20-18(5-4-14-27-20)15-23-21(26)24-12-10-17(11-13-24)16-6-8-19(25)9-7-16/h6-9,17-18,20,25H,4-5,10-15H2,1-3H3,(H,23,26). The molecule has 2 atom stereocenters. The normalized spacial score (nSPS) is 24.6. The zero-order valence-corrected chi connectivity index (χ0v) is 16.9. The van der Waals surface area contributed by atoms with Gasteiger partial charge in [0.05, 0.1) is 6.10 Å². The first-order valence-electron chi connectivity index (χ1n) is 10.3. The summed E-state index contributed by atoms with van der Waals surface area (Å²) < 4.78 is 6.02. The van der Waals surface area contributed by atoms with Crippen LogP contribution in [0.2, 0.25) is 0 Å². The number of ether oxygens (including phenoxy) is 1. The molecule has 2 aliphatic rings. The first-order chi connectivity index (χ1) is 12.8. The third kappa shape index (κ3) is 5.16. The number of benzene rings is 1. The number of carbonyl (C=O) groups is 1. The molecule has 2 amide bonds. The molecule has 1 aromatic carbocycles. The van der Waals surface area contributed by atoms with E-state index in [0.29, 0.717) is 24.1 Å². The van der Waals surface area contributed by atoms with E-state index in [1.54, 1.807) is 12.1 Å². The van der Waals surface area contributed by atoms with E-state index < -0.39 is 0 Å². The number of hydrogen-bond donors (Lipinski definition) is 2. The number of phenolic OH excluding ortho intramolecular Hbond substituents is 1. The average molecular weight is 375 g/mol. The highest BCUT2D eigenvalue weighted by Gasteiger charge is 2.35. The fourth-order valence-electron chi connectivity index (χ4n) is 4.50. The van der Waals surface area contributed by atoms with Crippen molar-refractivity contribution < 1.29 is 14.6 Å². The van der Waals surface area contributed by atoms with Crippen LogP contribution in [0.5, 0.6) is 5.75 Å². The van der Waals surface area contributed by atoms with Crippen molar-refractivity contribution in [2.45, 2.75) is 58.5 Å². The van der Waals surface area contributed by atoms with Gasteiger partial charge in [-0.2, -0.15) is 0 Å². The number of hydrogen-bond acceptors (Lipinski definition) is 3. The van der Waals surface area contributed by atoms with Crippen molar-refractivity contribution in [2.24, 2.45) is 11.3 Å². The topological polar surface area (TPSA) is 61.8 Å². The van der Waals surface area contributed by atoms with Crippen LogP contribution in [0.1, 0.15) is 57.9 Å². The molecule has 1 aromatic rings. The minimum Gasteiger partial charge on any atom is -0.508 e. The van der Waals surface area contributed by atoms with Crippen LogP contribution in [0.3, 0.4) is 0 Å². The van der Waals surface area contributed by atoms with Crippen LogP contribution in [0.4, 0.5) is 4.79 Å². The second-order valence-electron chi connectivity index (χ2n) is 9.10. The number of carbonyl (C=O) groups excluding carboxylic acids is 1. The zero-order valence-electron chi connectivity index (χ0n) is 16.9. The van der Waals surface area contributed by atoms with Crippen LogP contribution in [-0.2, 0) is 4.74 Å². The maximum Gasteiger partial charge on any atom is 0.317 e. The molecule has 2 aliphatic heterocycles. The van der Waals surface area contributed by atoms with Gasteiger partial charge in [0.25, 0.3) is 0 Å². The largest absolute Gasteiger partial charge is 0.508 e. The average Bonchev–Trinajstić information content (AvgIpc) is 2.66. The molecule has 2 fully saturated rings. The van der Waals surface area contributed by atoms with Crippen molar-refractivity contribution in [1.82, 2.24) is 10.2 Å². The highest BCUT2D eigenvalue weighted by molar-refractivity contribution is 5.74. The molecular weight excluding hydrogens is 340 g/mol. The van der Waals surface area contributed by atoms with E-state index in [9.17, 15) is 9.90 Å². The summed E-state index contributed by atoms with van der Waals surface area (Å²) in [5, 5.41) is 12.6. The number of nitrogens with one attached hydrogen (secondary N) is 1. The van der Waals surface area contributed by atoms with Crippen LogP contribution in [0, 0.1) is 11.3 Å². The van der Waals surface area contributed by atoms with Gasteiger partial charge in [0.2, 0.25) is 0 Å². The lowest BCUT2D eigenvalue weighted by Gasteiger charge is -2.40. The molecule has 0 spiro atoms. The molecule has 0 aliphatic carbocycles. The Labute approximate surface area is 163 Å². The van der Waals surface area contributed by atoms with Gasteiger partial charge in [-0.1, -0.05) is 32.9 Å². The van der Waals surface area contributed by atoms with E-state index in [1.165, 1.54) is 5.56 Å². The third-order valence-electron chi connectivity index (χ3n) is 5.96. The lowest BCUT2D eigenvalue weighted by molar-refractivity contribution is -0.0839. The van der Waals surface area contributed by atoms with Gasteiger partial charge in [-0.15, -0.1) is 0 Å². The molecule has 2 heterocycles. The van der Waals surface area contributed by atoms with Crippen molar-refractivity contribution >= 4 is 6.03 Å². The van der Waals surface area contributed by atoms with Crippen molar-refractivity contribution in [1.29, 1.82) is 0 Å². The molecule has 0 saturated carbocycles. The molecular formula is C22H34N2O3. The molecule has 2 N–H and O–H groups in total. The van der Waals surface area contributed by atoms with E-state index >= 15 is 0 Å².